The molecule has 0 aromatic heterocycles. The highest BCUT2D eigenvalue weighted by Gasteiger charge is 2.14. The molecule has 0 bridgehead atoms. The van der Waals surface area contributed by atoms with E-state index in [2.05, 4.69) is 0 Å². The van der Waals surface area contributed by atoms with Crippen molar-refractivity contribution < 1.29 is 19.1 Å². The highest BCUT2D eigenvalue weighted by atomic mass is 16.5. The zero-order chi connectivity index (χ0) is 9.78. The van der Waals surface area contributed by atoms with Crippen LogP contribution in [0.1, 0.15) is 6.42 Å². The van der Waals surface area contributed by atoms with Gasteiger partial charge in [0.15, 0.2) is 0 Å². The molecule has 0 aliphatic heterocycles. The number of hydrogen-bond acceptors (Lipinski definition) is 3. The third-order valence-corrected chi connectivity index (χ3v) is 1.61. The molecular formula is C8H17NO3. The van der Waals surface area contributed by atoms with Crippen molar-refractivity contribution in [2.45, 2.75) is 12.5 Å². The molecule has 0 heterocycles. The maximum absolute atomic E-state index is 10.4. The molecule has 0 fully saturated rings. The van der Waals surface area contributed by atoms with Crippen molar-refractivity contribution in [3.8, 4) is 0 Å². The molecule has 0 radical (unpaired) electrons. The van der Waals surface area contributed by atoms with Gasteiger partial charge in [-0.05, 0) is 0 Å². The molecule has 4 nitrogen and oxygen atoms in total. The monoisotopic (exact) mass is 175 g/mol. The molecule has 0 amide bonds. The molecule has 12 heavy (non-hydrogen) atoms. The van der Waals surface area contributed by atoms with E-state index in [9.17, 15) is 9.90 Å². The van der Waals surface area contributed by atoms with E-state index in [4.69, 9.17) is 4.74 Å². The maximum Gasteiger partial charge on any atom is 0.102 e. The lowest BCUT2D eigenvalue weighted by molar-refractivity contribution is -0.870. The SMILES string of the molecule is COC(CC[N+](C)(C)C)C(=O)[O-]. The van der Waals surface area contributed by atoms with Crippen molar-refractivity contribution in [3.05, 3.63) is 0 Å². The van der Waals surface area contributed by atoms with Crippen molar-refractivity contribution in [3.63, 3.8) is 0 Å². The number of quaternary nitrogens is 1. The number of carbonyl (C=O) groups is 1. The Kier molecular flexibility index (Phi) is 4.20. The summed E-state index contributed by atoms with van der Waals surface area (Å²) in [6.07, 6.45) is -0.287. The van der Waals surface area contributed by atoms with Gasteiger partial charge in [0, 0.05) is 13.5 Å². The zero-order valence-corrected chi connectivity index (χ0v) is 8.16. The molecule has 0 aromatic carbocycles. The Morgan fingerprint density at radius 3 is 2.25 bits per heavy atom. The first-order chi connectivity index (χ1) is 5.37. The summed E-state index contributed by atoms with van der Waals surface area (Å²) in [5.41, 5.74) is 0. The van der Waals surface area contributed by atoms with Gasteiger partial charge in [0.2, 0.25) is 0 Å². The first-order valence-electron chi connectivity index (χ1n) is 3.91. The summed E-state index contributed by atoms with van der Waals surface area (Å²) in [5.74, 6) is -1.13. The van der Waals surface area contributed by atoms with Gasteiger partial charge < -0.3 is 19.1 Å². The number of rotatable bonds is 5. The molecule has 0 spiro atoms. The van der Waals surface area contributed by atoms with Crippen LogP contribution >= 0.6 is 0 Å². The number of carboxylic acids is 1. The van der Waals surface area contributed by atoms with Gasteiger partial charge in [-0.3, -0.25) is 0 Å². The van der Waals surface area contributed by atoms with Crippen LogP contribution in [-0.4, -0.2) is 51.4 Å². The number of methoxy groups -OCH3 is 1. The fraction of sp³-hybridized carbons (Fsp3) is 0.875. The van der Waals surface area contributed by atoms with Gasteiger partial charge in [0.25, 0.3) is 0 Å². The van der Waals surface area contributed by atoms with E-state index < -0.39 is 12.1 Å². The average molecular weight is 175 g/mol. The summed E-state index contributed by atoms with van der Waals surface area (Å²) < 4.78 is 5.46. The number of ether oxygens (including phenoxy) is 1. The summed E-state index contributed by atoms with van der Waals surface area (Å²) in [6.45, 7) is 0.756. The van der Waals surface area contributed by atoms with E-state index in [-0.39, 0.29) is 0 Å². The minimum absolute atomic E-state index is 0.488. The van der Waals surface area contributed by atoms with Gasteiger partial charge in [-0.15, -0.1) is 0 Å². The van der Waals surface area contributed by atoms with Crippen molar-refractivity contribution in [2.75, 3.05) is 34.8 Å². The Balaban J connectivity index is 3.81. The van der Waals surface area contributed by atoms with E-state index in [0.717, 1.165) is 11.0 Å². The lowest BCUT2D eigenvalue weighted by atomic mass is 10.2. The van der Waals surface area contributed by atoms with Gasteiger partial charge in [-0.2, -0.15) is 0 Å². The first-order valence-corrected chi connectivity index (χ1v) is 3.91. The summed E-state index contributed by atoms with van der Waals surface area (Å²) in [7, 11) is 7.39. The van der Waals surface area contributed by atoms with Gasteiger partial charge in [0.1, 0.15) is 6.10 Å². The second-order valence-corrected chi connectivity index (χ2v) is 3.85. The number of nitrogens with zero attached hydrogens (tertiary/aromatic N) is 1. The van der Waals surface area contributed by atoms with Gasteiger partial charge >= 0.3 is 0 Å². The second kappa shape index (κ2) is 4.42. The molecule has 72 valence electrons. The van der Waals surface area contributed by atoms with Crippen molar-refractivity contribution in [1.82, 2.24) is 0 Å². The Labute approximate surface area is 73.3 Å². The molecule has 0 aromatic rings. The molecule has 4 heteroatoms. The van der Waals surface area contributed by atoms with Crippen LogP contribution in [0.3, 0.4) is 0 Å². The normalized spacial score (nSPS) is 14.3. The lowest BCUT2D eigenvalue weighted by Gasteiger charge is -2.26. The van der Waals surface area contributed by atoms with Crippen molar-refractivity contribution >= 4 is 5.97 Å². The average Bonchev–Trinajstić information content (AvgIpc) is 1.85. The van der Waals surface area contributed by atoms with E-state index in [0.29, 0.717) is 6.42 Å². The lowest BCUT2D eigenvalue weighted by Crippen LogP contribution is -2.42. The molecule has 0 saturated carbocycles. The number of carboxylic acid groups (broad SMARTS) is 1. The Bertz CT molecular complexity index is 151. The Morgan fingerprint density at radius 2 is 2.00 bits per heavy atom. The fourth-order valence-electron chi connectivity index (χ4n) is 0.836. The third kappa shape index (κ3) is 5.09. The zero-order valence-electron chi connectivity index (χ0n) is 8.16. The maximum atomic E-state index is 10.4. The second-order valence-electron chi connectivity index (χ2n) is 3.85. The smallest absolute Gasteiger partial charge is 0.102 e. The van der Waals surface area contributed by atoms with Crippen LogP contribution < -0.4 is 5.11 Å². The van der Waals surface area contributed by atoms with Gasteiger partial charge in [-0.1, -0.05) is 0 Å². The van der Waals surface area contributed by atoms with E-state index >= 15 is 0 Å². The quantitative estimate of drug-likeness (QED) is 0.496. The molecule has 0 N–H and O–H groups in total. The first kappa shape index (κ1) is 11.4. The summed E-state index contributed by atoms with van der Waals surface area (Å²) in [4.78, 5) is 10.4. The van der Waals surface area contributed by atoms with Gasteiger partial charge in [0.05, 0.1) is 33.7 Å². The molecule has 0 aliphatic carbocycles. The largest absolute Gasteiger partial charge is 0.547 e. The van der Waals surface area contributed by atoms with Crippen LogP contribution in [-0.2, 0) is 9.53 Å². The van der Waals surface area contributed by atoms with Crippen LogP contribution in [0, 0.1) is 0 Å². The molecule has 0 rings (SSSR count). The summed E-state index contributed by atoms with van der Waals surface area (Å²) >= 11 is 0. The van der Waals surface area contributed by atoms with Crippen LogP contribution in [0.15, 0.2) is 0 Å². The number of carbonyl (C=O) groups excluding carboxylic acids is 1. The standard InChI is InChI=1S/C8H17NO3/c1-9(2,3)6-5-7(12-4)8(10)11/h7H,5-6H2,1-4H3. The van der Waals surface area contributed by atoms with Crippen molar-refractivity contribution in [2.24, 2.45) is 0 Å². The third-order valence-electron chi connectivity index (χ3n) is 1.61. The van der Waals surface area contributed by atoms with E-state index in [1.54, 1.807) is 0 Å². The van der Waals surface area contributed by atoms with Crippen LogP contribution in [0.2, 0.25) is 0 Å². The fourth-order valence-corrected chi connectivity index (χ4v) is 0.836. The molecular weight excluding hydrogens is 158 g/mol. The Hall–Kier alpha value is -0.610. The van der Waals surface area contributed by atoms with Crippen LogP contribution in [0.4, 0.5) is 0 Å². The highest BCUT2D eigenvalue weighted by molar-refractivity contribution is 5.69. The minimum Gasteiger partial charge on any atom is -0.547 e. The summed E-state index contributed by atoms with van der Waals surface area (Å²) in [6, 6.07) is 0. The molecule has 0 aliphatic rings. The molecule has 0 saturated heterocycles. The number of aliphatic carboxylic acids is 1. The Morgan fingerprint density at radius 1 is 1.50 bits per heavy atom. The van der Waals surface area contributed by atoms with Crippen molar-refractivity contribution in [1.29, 1.82) is 0 Å². The van der Waals surface area contributed by atoms with Crippen LogP contribution in [0.25, 0.3) is 0 Å². The highest BCUT2D eigenvalue weighted by Crippen LogP contribution is 2.00. The van der Waals surface area contributed by atoms with Crippen LogP contribution in [0.5, 0.6) is 0 Å². The number of hydrogen-bond donors (Lipinski definition) is 0. The van der Waals surface area contributed by atoms with Gasteiger partial charge in [-0.25, -0.2) is 0 Å². The predicted molar refractivity (Wildman–Crippen MR) is 43.3 cm³/mol. The predicted octanol–water partition coefficient (Wildman–Crippen LogP) is -1.15. The topological polar surface area (TPSA) is 49.4 Å². The molecule has 1 unspecified atom stereocenters. The molecule has 1 atom stereocenters. The minimum atomic E-state index is -1.13. The van der Waals surface area contributed by atoms with E-state index in [1.807, 2.05) is 21.1 Å². The van der Waals surface area contributed by atoms with E-state index in [1.165, 1.54) is 7.11 Å². The summed E-state index contributed by atoms with van der Waals surface area (Å²) in [5, 5.41) is 10.4.